The standard InChI is InChI=1S/C19H14N4O2/c1-13-7-17(25-16-3-2-5-21-12-16)10-18(23-13)19(24)9-15-8-14(11-20)4-6-22-15/h2-8,10,12H,9H2,1H3. The van der Waals surface area contributed by atoms with Crippen molar-refractivity contribution in [2.75, 3.05) is 0 Å². The Hall–Kier alpha value is -3.59. The Morgan fingerprint density at radius 3 is 2.84 bits per heavy atom. The monoisotopic (exact) mass is 330 g/mol. The molecule has 0 atom stereocenters. The molecule has 0 bridgehead atoms. The molecule has 3 rings (SSSR count). The number of carbonyl (C=O) groups is 1. The van der Waals surface area contributed by atoms with E-state index in [1.54, 1.807) is 55.7 Å². The molecule has 0 N–H and O–H groups in total. The lowest BCUT2D eigenvalue weighted by molar-refractivity contribution is 0.0986. The highest BCUT2D eigenvalue weighted by atomic mass is 16.5. The molecule has 0 saturated heterocycles. The number of nitrogens with zero attached hydrogens (tertiary/aromatic N) is 4. The van der Waals surface area contributed by atoms with E-state index in [2.05, 4.69) is 15.0 Å². The lowest BCUT2D eigenvalue weighted by Crippen LogP contribution is -2.08. The summed E-state index contributed by atoms with van der Waals surface area (Å²) in [6.45, 7) is 1.79. The van der Waals surface area contributed by atoms with Crippen molar-refractivity contribution >= 4 is 5.78 Å². The largest absolute Gasteiger partial charge is 0.456 e. The van der Waals surface area contributed by atoms with Crippen LogP contribution in [0.3, 0.4) is 0 Å². The zero-order valence-electron chi connectivity index (χ0n) is 13.5. The maximum atomic E-state index is 12.5. The topological polar surface area (TPSA) is 88.8 Å². The van der Waals surface area contributed by atoms with E-state index in [1.807, 2.05) is 6.07 Å². The van der Waals surface area contributed by atoms with Gasteiger partial charge in [0, 0.05) is 35.9 Å². The van der Waals surface area contributed by atoms with Crippen LogP contribution >= 0.6 is 0 Å². The fraction of sp³-hybridized carbons (Fsp3) is 0.105. The summed E-state index contributed by atoms with van der Waals surface area (Å²) in [4.78, 5) is 24.9. The molecule has 6 heteroatoms. The number of ether oxygens (including phenoxy) is 1. The maximum absolute atomic E-state index is 12.5. The minimum atomic E-state index is -0.192. The minimum absolute atomic E-state index is 0.0678. The van der Waals surface area contributed by atoms with Crippen LogP contribution in [0.4, 0.5) is 0 Å². The molecule has 0 aliphatic heterocycles. The highest BCUT2D eigenvalue weighted by molar-refractivity contribution is 5.96. The first-order chi connectivity index (χ1) is 12.1. The number of Topliss-reactive ketones (excluding diaryl/α,β-unsaturated/α-hetero) is 1. The third-order valence-corrected chi connectivity index (χ3v) is 3.37. The highest BCUT2D eigenvalue weighted by Crippen LogP contribution is 2.22. The van der Waals surface area contributed by atoms with Crippen LogP contribution in [-0.4, -0.2) is 20.7 Å². The van der Waals surface area contributed by atoms with Gasteiger partial charge in [0.1, 0.15) is 17.2 Å². The molecular weight excluding hydrogens is 316 g/mol. The first-order valence-corrected chi connectivity index (χ1v) is 7.59. The second-order valence-corrected chi connectivity index (χ2v) is 5.37. The molecule has 0 spiro atoms. The van der Waals surface area contributed by atoms with Crippen LogP contribution in [0, 0.1) is 18.3 Å². The smallest absolute Gasteiger partial charge is 0.187 e. The number of ketones is 1. The van der Waals surface area contributed by atoms with Crippen molar-refractivity contribution in [1.29, 1.82) is 5.26 Å². The van der Waals surface area contributed by atoms with Crippen LogP contribution in [-0.2, 0) is 6.42 Å². The average Bonchev–Trinajstić information content (AvgIpc) is 2.62. The summed E-state index contributed by atoms with van der Waals surface area (Å²) in [5.74, 6) is 0.903. The molecule has 0 aliphatic rings. The second kappa shape index (κ2) is 7.32. The average molecular weight is 330 g/mol. The van der Waals surface area contributed by atoms with Gasteiger partial charge in [0.25, 0.3) is 0 Å². The van der Waals surface area contributed by atoms with E-state index in [-0.39, 0.29) is 12.2 Å². The number of nitriles is 1. The second-order valence-electron chi connectivity index (χ2n) is 5.37. The zero-order valence-corrected chi connectivity index (χ0v) is 13.5. The molecule has 0 fully saturated rings. The van der Waals surface area contributed by atoms with Crippen molar-refractivity contribution in [3.8, 4) is 17.6 Å². The summed E-state index contributed by atoms with van der Waals surface area (Å²) in [6, 6.07) is 12.1. The van der Waals surface area contributed by atoms with E-state index >= 15 is 0 Å². The van der Waals surface area contributed by atoms with Gasteiger partial charge in [-0.25, -0.2) is 4.98 Å². The molecule has 3 aromatic rings. The fourth-order valence-corrected chi connectivity index (χ4v) is 2.28. The number of hydrogen-bond donors (Lipinski definition) is 0. The Kier molecular flexibility index (Phi) is 4.77. The van der Waals surface area contributed by atoms with Crippen LogP contribution < -0.4 is 4.74 Å². The van der Waals surface area contributed by atoms with Crippen molar-refractivity contribution in [2.45, 2.75) is 13.3 Å². The summed E-state index contributed by atoms with van der Waals surface area (Å²) in [6.07, 6.45) is 4.83. The fourth-order valence-electron chi connectivity index (χ4n) is 2.28. The predicted molar refractivity (Wildman–Crippen MR) is 90.3 cm³/mol. The van der Waals surface area contributed by atoms with Gasteiger partial charge < -0.3 is 4.74 Å². The third-order valence-electron chi connectivity index (χ3n) is 3.37. The van der Waals surface area contributed by atoms with Crippen molar-refractivity contribution in [3.63, 3.8) is 0 Å². The van der Waals surface area contributed by atoms with Gasteiger partial charge in [-0.05, 0) is 31.2 Å². The number of aromatic nitrogens is 3. The van der Waals surface area contributed by atoms with Gasteiger partial charge >= 0.3 is 0 Å². The van der Waals surface area contributed by atoms with Gasteiger partial charge in [-0.1, -0.05) is 0 Å². The minimum Gasteiger partial charge on any atom is -0.456 e. The Labute approximate surface area is 144 Å². The molecule has 0 unspecified atom stereocenters. The van der Waals surface area contributed by atoms with Gasteiger partial charge in [-0.15, -0.1) is 0 Å². The molecule has 0 aromatic carbocycles. The molecular formula is C19H14N4O2. The van der Waals surface area contributed by atoms with Gasteiger partial charge in [0.15, 0.2) is 5.78 Å². The van der Waals surface area contributed by atoms with Crippen LogP contribution in [0.25, 0.3) is 0 Å². The highest BCUT2D eigenvalue weighted by Gasteiger charge is 2.13. The van der Waals surface area contributed by atoms with Crippen molar-refractivity contribution < 1.29 is 9.53 Å². The predicted octanol–water partition coefficient (Wildman–Crippen LogP) is 3.27. The summed E-state index contributed by atoms with van der Waals surface area (Å²) in [5.41, 5.74) is 1.96. The molecule has 0 aliphatic carbocycles. The van der Waals surface area contributed by atoms with Crippen LogP contribution in [0.5, 0.6) is 11.5 Å². The van der Waals surface area contributed by atoms with E-state index in [4.69, 9.17) is 10.00 Å². The van der Waals surface area contributed by atoms with Crippen molar-refractivity contribution in [1.82, 2.24) is 15.0 Å². The van der Waals surface area contributed by atoms with Crippen LogP contribution in [0.2, 0.25) is 0 Å². The van der Waals surface area contributed by atoms with E-state index in [0.717, 1.165) is 0 Å². The van der Waals surface area contributed by atoms with Crippen LogP contribution in [0.1, 0.15) is 27.4 Å². The molecule has 6 nitrogen and oxygen atoms in total. The Balaban J connectivity index is 1.81. The first-order valence-electron chi connectivity index (χ1n) is 7.59. The van der Waals surface area contributed by atoms with Gasteiger partial charge in [-0.2, -0.15) is 5.26 Å². The van der Waals surface area contributed by atoms with Crippen molar-refractivity contribution in [3.05, 3.63) is 77.6 Å². The molecule has 3 aromatic heterocycles. The van der Waals surface area contributed by atoms with E-state index in [0.29, 0.717) is 34.1 Å². The lowest BCUT2D eigenvalue weighted by Gasteiger charge is -2.08. The quantitative estimate of drug-likeness (QED) is 0.667. The van der Waals surface area contributed by atoms with Crippen molar-refractivity contribution in [2.24, 2.45) is 0 Å². The molecule has 25 heavy (non-hydrogen) atoms. The molecule has 0 amide bonds. The summed E-state index contributed by atoms with van der Waals surface area (Å²) >= 11 is 0. The summed E-state index contributed by atoms with van der Waals surface area (Å²) in [7, 11) is 0. The third kappa shape index (κ3) is 4.24. The molecule has 3 heterocycles. The Morgan fingerprint density at radius 2 is 2.08 bits per heavy atom. The number of hydrogen-bond acceptors (Lipinski definition) is 6. The maximum Gasteiger partial charge on any atom is 0.187 e. The number of rotatable bonds is 5. The number of pyridine rings is 3. The summed E-state index contributed by atoms with van der Waals surface area (Å²) in [5, 5.41) is 8.93. The van der Waals surface area contributed by atoms with Gasteiger partial charge in [0.05, 0.1) is 24.3 Å². The van der Waals surface area contributed by atoms with Gasteiger partial charge in [-0.3, -0.25) is 14.8 Å². The van der Waals surface area contributed by atoms with Crippen LogP contribution in [0.15, 0.2) is 55.0 Å². The Morgan fingerprint density at radius 1 is 1.20 bits per heavy atom. The van der Waals surface area contributed by atoms with E-state index in [9.17, 15) is 4.79 Å². The normalized spacial score (nSPS) is 10.1. The molecule has 0 saturated carbocycles. The zero-order chi connectivity index (χ0) is 17.6. The first kappa shape index (κ1) is 16.3. The SMILES string of the molecule is Cc1cc(Oc2cccnc2)cc(C(=O)Cc2cc(C#N)ccn2)n1. The van der Waals surface area contributed by atoms with E-state index < -0.39 is 0 Å². The summed E-state index contributed by atoms with van der Waals surface area (Å²) < 4.78 is 5.72. The van der Waals surface area contributed by atoms with Gasteiger partial charge in [0.2, 0.25) is 0 Å². The number of aryl methyl sites for hydroxylation is 1. The lowest BCUT2D eigenvalue weighted by atomic mass is 10.1. The Bertz CT molecular complexity index is 949. The number of carbonyl (C=O) groups excluding carboxylic acids is 1. The van der Waals surface area contributed by atoms with E-state index in [1.165, 1.54) is 6.20 Å². The molecule has 0 radical (unpaired) electrons. The molecule has 122 valence electrons.